The number of aromatic nitrogens is 1. The molecule has 1 aliphatic carbocycles. The average Bonchev–Trinajstić information content (AvgIpc) is 2.75. The summed E-state index contributed by atoms with van der Waals surface area (Å²) >= 11 is 0. The second kappa shape index (κ2) is 9.94. The zero-order valence-electron chi connectivity index (χ0n) is 19.6. The average molecular weight is 512 g/mol. The highest BCUT2D eigenvalue weighted by Crippen LogP contribution is 2.46. The summed E-state index contributed by atoms with van der Waals surface area (Å²) in [7, 11) is 0. The SMILES string of the molecule is CCO[C@H]1C[C@]2(CN(C(C)C)C(=O)c3c(O)c(=O)c(C(=O)NCc4ccc(F)cc4F)cn32)C1.Cl. The normalized spacial score (nSPS) is 20.9. The van der Waals surface area contributed by atoms with E-state index in [1.807, 2.05) is 20.8 Å². The summed E-state index contributed by atoms with van der Waals surface area (Å²) < 4.78 is 34.3. The molecule has 0 bridgehead atoms. The van der Waals surface area contributed by atoms with Gasteiger partial charge in [-0.05, 0) is 39.7 Å². The van der Waals surface area contributed by atoms with Crippen molar-refractivity contribution >= 4 is 24.2 Å². The number of hydrogen-bond donors (Lipinski definition) is 2. The highest BCUT2D eigenvalue weighted by Gasteiger charge is 2.53. The van der Waals surface area contributed by atoms with Gasteiger partial charge in [0.1, 0.15) is 17.2 Å². The first-order valence-corrected chi connectivity index (χ1v) is 11.2. The zero-order chi connectivity index (χ0) is 24.8. The van der Waals surface area contributed by atoms with Crippen LogP contribution >= 0.6 is 12.4 Å². The fraction of sp³-hybridized carbons (Fsp3) is 0.458. The molecule has 11 heteroatoms. The number of aromatic hydroxyl groups is 1. The second-order valence-electron chi connectivity index (χ2n) is 9.09. The van der Waals surface area contributed by atoms with Gasteiger partial charge in [0.25, 0.3) is 11.8 Å². The third-order valence-corrected chi connectivity index (χ3v) is 6.56. The number of pyridine rings is 1. The van der Waals surface area contributed by atoms with Crippen LogP contribution in [0.15, 0.2) is 29.2 Å². The first-order valence-electron chi connectivity index (χ1n) is 11.2. The van der Waals surface area contributed by atoms with Crippen LogP contribution in [0.2, 0.25) is 0 Å². The number of carbonyl (C=O) groups is 2. The number of fused-ring (bicyclic) bond motifs is 2. The summed E-state index contributed by atoms with van der Waals surface area (Å²) in [6, 6.07) is 2.79. The lowest BCUT2D eigenvalue weighted by Gasteiger charge is -2.55. The molecule has 8 nitrogen and oxygen atoms in total. The van der Waals surface area contributed by atoms with Gasteiger partial charge in [-0.1, -0.05) is 6.07 Å². The van der Waals surface area contributed by atoms with Crippen molar-refractivity contribution in [2.45, 2.75) is 57.8 Å². The molecule has 35 heavy (non-hydrogen) atoms. The Morgan fingerprint density at radius 3 is 2.57 bits per heavy atom. The van der Waals surface area contributed by atoms with Crippen molar-refractivity contribution in [2.75, 3.05) is 13.2 Å². The van der Waals surface area contributed by atoms with E-state index in [0.717, 1.165) is 6.07 Å². The highest BCUT2D eigenvalue weighted by atomic mass is 35.5. The summed E-state index contributed by atoms with van der Waals surface area (Å²) in [6.45, 7) is 6.19. The van der Waals surface area contributed by atoms with Crippen molar-refractivity contribution in [2.24, 2.45) is 0 Å². The van der Waals surface area contributed by atoms with Crippen molar-refractivity contribution in [3.05, 3.63) is 63.1 Å². The third-order valence-electron chi connectivity index (χ3n) is 6.56. The Balaban J connectivity index is 0.00000342. The minimum absolute atomic E-state index is 0. The van der Waals surface area contributed by atoms with Gasteiger partial charge in [-0.15, -0.1) is 12.4 Å². The molecule has 4 rings (SSSR count). The number of benzene rings is 1. The first kappa shape index (κ1) is 26.6. The van der Waals surface area contributed by atoms with Gasteiger partial charge in [0, 0.05) is 43.6 Å². The van der Waals surface area contributed by atoms with Crippen LogP contribution in [-0.2, 0) is 16.8 Å². The summed E-state index contributed by atoms with van der Waals surface area (Å²) in [4.78, 5) is 40.4. The van der Waals surface area contributed by atoms with E-state index in [-0.39, 0.29) is 47.9 Å². The predicted molar refractivity (Wildman–Crippen MR) is 126 cm³/mol. The van der Waals surface area contributed by atoms with Crippen LogP contribution in [0.3, 0.4) is 0 Å². The molecule has 1 aromatic heterocycles. The van der Waals surface area contributed by atoms with Crippen LogP contribution in [-0.4, -0.2) is 51.7 Å². The fourth-order valence-corrected chi connectivity index (χ4v) is 4.76. The summed E-state index contributed by atoms with van der Waals surface area (Å²) in [5, 5.41) is 13.2. The van der Waals surface area contributed by atoms with Crippen molar-refractivity contribution in [3.8, 4) is 5.75 Å². The highest BCUT2D eigenvalue weighted by molar-refractivity contribution is 5.99. The Labute approximate surface area is 207 Å². The fourth-order valence-electron chi connectivity index (χ4n) is 4.76. The molecule has 1 fully saturated rings. The van der Waals surface area contributed by atoms with Crippen LogP contribution < -0.4 is 10.7 Å². The van der Waals surface area contributed by atoms with Crippen LogP contribution in [0.1, 0.15) is 60.0 Å². The van der Waals surface area contributed by atoms with Crippen molar-refractivity contribution in [1.29, 1.82) is 0 Å². The molecule has 0 atom stereocenters. The summed E-state index contributed by atoms with van der Waals surface area (Å²) in [5.41, 5.74) is -2.10. The molecule has 190 valence electrons. The number of ether oxygens (including phenoxy) is 1. The second-order valence-corrected chi connectivity index (χ2v) is 9.09. The number of nitrogens with zero attached hydrogens (tertiary/aromatic N) is 2. The van der Waals surface area contributed by atoms with Crippen molar-refractivity contribution < 1.29 is 28.2 Å². The minimum Gasteiger partial charge on any atom is -0.503 e. The zero-order valence-corrected chi connectivity index (χ0v) is 20.5. The molecule has 0 saturated heterocycles. The number of nitrogens with one attached hydrogen (secondary N) is 1. The topological polar surface area (TPSA) is 101 Å². The van der Waals surface area contributed by atoms with Gasteiger partial charge in [0.2, 0.25) is 5.43 Å². The molecule has 2 amide bonds. The van der Waals surface area contributed by atoms with Crippen LogP contribution in [0.4, 0.5) is 8.78 Å². The quantitative estimate of drug-likeness (QED) is 0.621. The minimum atomic E-state index is -0.988. The number of hydrogen-bond acceptors (Lipinski definition) is 5. The largest absolute Gasteiger partial charge is 0.503 e. The Kier molecular flexibility index (Phi) is 7.56. The Hall–Kier alpha value is -2.98. The molecule has 1 aromatic carbocycles. The van der Waals surface area contributed by atoms with Gasteiger partial charge in [0.15, 0.2) is 11.4 Å². The molecule has 2 N–H and O–H groups in total. The molecule has 1 aliphatic heterocycles. The summed E-state index contributed by atoms with van der Waals surface area (Å²) in [5.74, 6) is -3.71. The molecule has 1 spiro atoms. The Morgan fingerprint density at radius 1 is 1.29 bits per heavy atom. The first-order chi connectivity index (χ1) is 16.1. The van der Waals surface area contributed by atoms with Gasteiger partial charge < -0.3 is 24.6 Å². The predicted octanol–water partition coefficient (Wildman–Crippen LogP) is 2.94. The van der Waals surface area contributed by atoms with Crippen LogP contribution in [0.25, 0.3) is 0 Å². The molecule has 1 saturated carbocycles. The molecule has 2 aromatic rings. The van der Waals surface area contributed by atoms with E-state index in [4.69, 9.17) is 4.74 Å². The maximum Gasteiger partial charge on any atom is 0.274 e. The molecule has 0 unspecified atom stereocenters. The van der Waals surface area contributed by atoms with E-state index in [1.54, 1.807) is 4.90 Å². The van der Waals surface area contributed by atoms with Gasteiger partial charge in [-0.2, -0.15) is 0 Å². The lowest BCUT2D eigenvalue weighted by Crippen LogP contribution is -2.63. The molecule has 2 aliphatic rings. The maximum atomic E-state index is 13.9. The molecule has 2 heterocycles. The number of halogens is 3. The van der Waals surface area contributed by atoms with E-state index < -0.39 is 40.2 Å². The maximum absolute atomic E-state index is 13.9. The molecular weight excluding hydrogens is 484 g/mol. The van der Waals surface area contributed by atoms with Crippen LogP contribution in [0, 0.1) is 11.6 Å². The lowest BCUT2D eigenvalue weighted by atomic mass is 9.71. The van der Waals surface area contributed by atoms with E-state index >= 15 is 0 Å². The van der Waals surface area contributed by atoms with Gasteiger partial charge in [-0.25, -0.2) is 8.78 Å². The summed E-state index contributed by atoms with van der Waals surface area (Å²) in [6.07, 6.45) is 2.36. The number of carbonyl (C=O) groups excluding carboxylic acids is 2. The number of rotatable bonds is 6. The van der Waals surface area contributed by atoms with Crippen LogP contribution in [0.5, 0.6) is 5.75 Å². The van der Waals surface area contributed by atoms with Gasteiger partial charge in [-0.3, -0.25) is 14.4 Å². The van der Waals surface area contributed by atoms with E-state index in [1.165, 1.54) is 16.8 Å². The van der Waals surface area contributed by atoms with E-state index in [0.29, 0.717) is 32.1 Å². The molecular formula is C24H28ClF2N3O5. The lowest BCUT2D eigenvalue weighted by molar-refractivity contribution is -0.0871. The van der Waals surface area contributed by atoms with Gasteiger partial charge in [0.05, 0.1) is 11.6 Å². The number of amides is 2. The van der Waals surface area contributed by atoms with E-state index in [2.05, 4.69) is 5.32 Å². The third kappa shape index (κ3) is 4.64. The Morgan fingerprint density at radius 2 is 1.97 bits per heavy atom. The Bertz CT molecular complexity index is 1210. The van der Waals surface area contributed by atoms with Gasteiger partial charge >= 0.3 is 0 Å². The van der Waals surface area contributed by atoms with Crippen molar-refractivity contribution in [3.63, 3.8) is 0 Å². The standard InChI is InChI=1S/C24H27F2N3O5.ClH/c1-4-34-16-8-24(9-16)12-28(13(2)3)23(33)19-21(31)20(30)17(11-29(19)24)22(32)27-10-14-5-6-15(25)7-18(14)26;/h5-7,11,13,16,31H,4,8-10,12H2,1-3H3,(H,27,32);1H/t16-,24+;. The molecule has 0 radical (unpaired) electrons. The van der Waals surface area contributed by atoms with Crippen molar-refractivity contribution in [1.82, 2.24) is 14.8 Å². The monoisotopic (exact) mass is 511 g/mol. The van der Waals surface area contributed by atoms with E-state index in [9.17, 15) is 28.3 Å². The smallest absolute Gasteiger partial charge is 0.274 e.